The van der Waals surface area contributed by atoms with Crippen LogP contribution in [0.25, 0.3) is 32.7 Å². The molecule has 8 aromatic carbocycles. The van der Waals surface area contributed by atoms with Gasteiger partial charge in [-0.25, -0.2) is 0 Å². The predicted molar refractivity (Wildman–Crippen MR) is 214 cm³/mol. The molecule has 4 heteroatoms. The van der Waals surface area contributed by atoms with Crippen molar-refractivity contribution in [2.24, 2.45) is 0 Å². The molecule has 0 aliphatic heterocycles. The van der Waals surface area contributed by atoms with Crippen molar-refractivity contribution in [3.63, 3.8) is 0 Å². The van der Waals surface area contributed by atoms with Crippen LogP contribution in [-0.4, -0.2) is 0 Å². The van der Waals surface area contributed by atoms with E-state index in [4.69, 9.17) is 0 Å². The number of hydrogen-bond donors (Lipinski definition) is 0. The summed E-state index contributed by atoms with van der Waals surface area (Å²) in [5.74, 6) is 0. The molecule has 2 nitrogen and oxygen atoms in total. The molecule has 0 aromatic heterocycles. The van der Waals surface area contributed by atoms with Gasteiger partial charge in [0.1, 0.15) is 12.1 Å². The highest BCUT2D eigenvalue weighted by Gasteiger charge is 2.32. The van der Waals surface area contributed by atoms with Crippen LogP contribution in [0.1, 0.15) is 11.1 Å². The van der Waals surface area contributed by atoms with Crippen molar-refractivity contribution in [2.75, 3.05) is 0 Å². The van der Waals surface area contributed by atoms with Crippen LogP contribution in [0.2, 0.25) is 0 Å². The first-order valence-corrected chi connectivity index (χ1v) is 19.2. The van der Waals surface area contributed by atoms with Crippen LogP contribution < -0.4 is 31.8 Å². The summed E-state index contributed by atoms with van der Waals surface area (Å²) >= 11 is 0. The molecule has 0 bridgehead atoms. The second-order valence-electron chi connectivity index (χ2n) is 11.9. The van der Waals surface area contributed by atoms with E-state index in [0.29, 0.717) is 11.1 Å². The van der Waals surface area contributed by atoms with Gasteiger partial charge in [0.05, 0.1) is 11.1 Å². The third kappa shape index (κ3) is 5.57. The van der Waals surface area contributed by atoms with Gasteiger partial charge in [-0.1, -0.05) is 182 Å². The molecule has 0 aliphatic rings. The highest BCUT2D eigenvalue weighted by Crippen LogP contribution is 2.47. The normalized spacial score (nSPS) is 11.1. The van der Waals surface area contributed by atoms with Crippen molar-refractivity contribution in [3.05, 3.63) is 193 Å². The largest absolute Gasteiger partial charge is 0.192 e. The lowest BCUT2D eigenvalue weighted by Crippen LogP contribution is -2.28. The maximum Gasteiger partial charge on any atom is 0.101 e. The lowest BCUT2D eigenvalue weighted by molar-refractivity contribution is 1.46. The average Bonchev–Trinajstić information content (AvgIpc) is 3.19. The fraction of sp³-hybridized carbons (Fsp3) is 0. The highest BCUT2D eigenvalue weighted by molar-refractivity contribution is 7.81. The summed E-state index contributed by atoms with van der Waals surface area (Å²) in [6.45, 7) is 0. The summed E-state index contributed by atoms with van der Waals surface area (Å²) in [6, 6.07) is 68.9. The SMILES string of the molecule is N#Cc1c(P(c2ccccc2)c2ccccc2)c(-c2c(P(c3ccccc3)c3ccccc3)ccc3ccccc23)c2ccccc2c1C#N. The minimum absolute atomic E-state index is 0.427. The molecule has 8 rings (SSSR count). The molecule has 0 radical (unpaired) electrons. The smallest absolute Gasteiger partial charge is 0.101 e. The van der Waals surface area contributed by atoms with Gasteiger partial charge in [0.25, 0.3) is 0 Å². The third-order valence-electron chi connectivity index (χ3n) is 9.09. The number of nitrogens with zero attached hydrogens (tertiary/aromatic N) is 2. The van der Waals surface area contributed by atoms with Crippen molar-refractivity contribution < 1.29 is 0 Å². The van der Waals surface area contributed by atoms with Crippen LogP contribution in [0.5, 0.6) is 0 Å². The predicted octanol–water partition coefficient (Wildman–Crippen LogP) is 8.92. The summed E-state index contributed by atoms with van der Waals surface area (Å²) in [6.07, 6.45) is 0. The molecule has 0 spiro atoms. The molecule has 0 unspecified atom stereocenters. The fourth-order valence-corrected chi connectivity index (χ4v) is 12.0. The Morgan fingerprint density at radius 3 is 1.26 bits per heavy atom. The number of nitriles is 2. The standard InChI is InChI=1S/C46H30N2P2/c47-31-41-39-27-15-16-28-40(39)45(46(42(41)32-48)50(36-22-9-3-10-23-36)37-24-11-4-12-25-37)44-38-26-14-13-17-33(38)29-30-43(44)49(34-18-5-1-6-19-34)35-20-7-2-8-21-35/h1-30H. The van der Waals surface area contributed by atoms with Crippen molar-refractivity contribution in [1.82, 2.24) is 0 Å². The molecule has 50 heavy (non-hydrogen) atoms. The van der Waals surface area contributed by atoms with E-state index in [2.05, 4.69) is 170 Å². The van der Waals surface area contributed by atoms with Gasteiger partial charge >= 0.3 is 0 Å². The Kier molecular flexibility index (Phi) is 8.74. The van der Waals surface area contributed by atoms with E-state index in [1.165, 1.54) is 15.9 Å². The van der Waals surface area contributed by atoms with E-state index in [1.54, 1.807) is 0 Å². The highest BCUT2D eigenvalue weighted by atomic mass is 31.1. The van der Waals surface area contributed by atoms with E-state index >= 15 is 0 Å². The first kappa shape index (κ1) is 31.4. The Bertz CT molecular complexity index is 2480. The maximum absolute atomic E-state index is 11.2. The van der Waals surface area contributed by atoms with Gasteiger partial charge in [-0.05, 0) is 64.1 Å². The van der Waals surface area contributed by atoms with E-state index in [0.717, 1.165) is 48.6 Å². The average molecular weight is 673 g/mol. The monoisotopic (exact) mass is 672 g/mol. The molecule has 234 valence electrons. The summed E-state index contributed by atoms with van der Waals surface area (Å²) in [4.78, 5) is 0. The zero-order chi connectivity index (χ0) is 33.9. The number of hydrogen-bond acceptors (Lipinski definition) is 2. The van der Waals surface area contributed by atoms with Crippen molar-refractivity contribution >= 4 is 69.2 Å². The topological polar surface area (TPSA) is 47.6 Å². The van der Waals surface area contributed by atoms with E-state index in [1.807, 2.05) is 24.3 Å². The Morgan fingerprint density at radius 2 is 0.760 bits per heavy atom. The van der Waals surface area contributed by atoms with Gasteiger partial charge in [-0.3, -0.25) is 0 Å². The summed E-state index contributed by atoms with van der Waals surface area (Å²) in [5, 5.41) is 32.9. The minimum Gasteiger partial charge on any atom is -0.192 e. The van der Waals surface area contributed by atoms with Crippen LogP contribution >= 0.6 is 15.8 Å². The van der Waals surface area contributed by atoms with Crippen LogP contribution in [0.15, 0.2) is 182 Å². The molecule has 0 saturated heterocycles. The molecule has 0 atom stereocenters. The van der Waals surface area contributed by atoms with E-state index in [9.17, 15) is 10.5 Å². The van der Waals surface area contributed by atoms with Crippen LogP contribution in [0.4, 0.5) is 0 Å². The van der Waals surface area contributed by atoms with Gasteiger partial charge in [0.15, 0.2) is 0 Å². The number of fused-ring (bicyclic) bond motifs is 2. The summed E-state index contributed by atoms with van der Waals surface area (Å²) < 4.78 is 0. The van der Waals surface area contributed by atoms with Gasteiger partial charge in [0, 0.05) is 16.3 Å². The van der Waals surface area contributed by atoms with Crippen molar-refractivity contribution in [3.8, 4) is 23.3 Å². The molecule has 0 N–H and O–H groups in total. The Morgan fingerprint density at radius 1 is 0.340 bits per heavy atom. The second kappa shape index (κ2) is 13.9. The van der Waals surface area contributed by atoms with Crippen molar-refractivity contribution in [1.29, 1.82) is 10.5 Å². The molecular formula is C46H30N2P2. The van der Waals surface area contributed by atoms with Gasteiger partial charge < -0.3 is 0 Å². The number of benzene rings is 8. The zero-order valence-electron chi connectivity index (χ0n) is 27.1. The second-order valence-corrected chi connectivity index (χ2v) is 16.3. The maximum atomic E-state index is 11.2. The first-order valence-electron chi connectivity index (χ1n) is 16.5. The van der Waals surface area contributed by atoms with Gasteiger partial charge in [-0.15, -0.1) is 0 Å². The van der Waals surface area contributed by atoms with E-state index in [-0.39, 0.29) is 0 Å². The third-order valence-corrected chi connectivity index (χ3v) is 14.1. The summed E-state index contributed by atoms with van der Waals surface area (Å²) in [7, 11) is -2.30. The number of rotatable bonds is 7. The molecule has 0 heterocycles. The van der Waals surface area contributed by atoms with E-state index < -0.39 is 15.8 Å². The minimum atomic E-state index is -1.27. The summed E-state index contributed by atoms with van der Waals surface area (Å²) in [5.41, 5.74) is 3.02. The molecular weight excluding hydrogens is 642 g/mol. The Labute approximate surface area is 295 Å². The van der Waals surface area contributed by atoms with Crippen molar-refractivity contribution in [2.45, 2.75) is 0 Å². The quantitative estimate of drug-likeness (QED) is 0.159. The van der Waals surface area contributed by atoms with Crippen LogP contribution in [0, 0.1) is 22.7 Å². The van der Waals surface area contributed by atoms with Gasteiger partial charge in [-0.2, -0.15) is 10.5 Å². The van der Waals surface area contributed by atoms with Gasteiger partial charge in [0.2, 0.25) is 0 Å². The Balaban J connectivity index is 1.61. The molecule has 0 aliphatic carbocycles. The lowest BCUT2D eigenvalue weighted by atomic mass is 9.89. The lowest BCUT2D eigenvalue weighted by Gasteiger charge is -2.29. The van der Waals surface area contributed by atoms with Crippen LogP contribution in [0.3, 0.4) is 0 Å². The Hall–Kier alpha value is -5.88. The van der Waals surface area contributed by atoms with Crippen LogP contribution in [-0.2, 0) is 0 Å². The zero-order valence-corrected chi connectivity index (χ0v) is 28.9. The molecule has 0 saturated carbocycles. The molecule has 0 fully saturated rings. The first-order chi connectivity index (χ1) is 24.8. The fourth-order valence-electron chi connectivity index (χ4n) is 6.98. The molecule has 8 aromatic rings. The molecule has 0 amide bonds.